The van der Waals surface area contributed by atoms with Gasteiger partial charge in [-0.15, -0.1) is 0 Å². The molecule has 3 unspecified atom stereocenters. The summed E-state index contributed by atoms with van der Waals surface area (Å²) < 4.78 is 5.28. The van der Waals surface area contributed by atoms with Crippen molar-refractivity contribution in [2.75, 3.05) is 27.7 Å². The molecule has 0 spiro atoms. The first-order chi connectivity index (χ1) is 9.45. The molecule has 0 heterocycles. The van der Waals surface area contributed by atoms with Gasteiger partial charge in [0.2, 0.25) is 0 Å². The quantitative estimate of drug-likeness (QED) is 0.878. The van der Waals surface area contributed by atoms with Crippen molar-refractivity contribution in [1.29, 1.82) is 0 Å². The summed E-state index contributed by atoms with van der Waals surface area (Å²) in [6.07, 6.45) is 2.42. The van der Waals surface area contributed by atoms with Crippen LogP contribution in [0.4, 0.5) is 0 Å². The number of nitrogens with two attached hydrogens (primary N) is 1. The maximum atomic E-state index is 11.3. The van der Waals surface area contributed by atoms with Gasteiger partial charge in [0.15, 0.2) is 0 Å². The Morgan fingerprint density at radius 1 is 1.45 bits per heavy atom. The average Bonchev–Trinajstić information content (AvgIpc) is 2.42. The fraction of sp³-hybridized carbons (Fsp3) is 0.625. The standard InChI is InChI=1S/C16H26N2O2/c1-18(2)11-13-9-14(17)7-8-16(13,19)12-5-4-6-15(10-12)20-3/h4-6,10,13-14,19H,7-9,11,17H2,1-3H3. The molecule has 1 aromatic rings. The van der Waals surface area contributed by atoms with Crippen molar-refractivity contribution in [2.45, 2.75) is 30.9 Å². The number of benzene rings is 1. The van der Waals surface area contributed by atoms with E-state index in [2.05, 4.69) is 4.90 Å². The van der Waals surface area contributed by atoms with Crippen LogP contribution < -0.4 is 10.5 Å². The Balaban J connectivity index is 2.32. The van der Waals surface area contributed by atoms with Crippen LogP contribution in [0.1, 0.15) is 24.8 Å². The Labute approximate surface area is 121 Å². The van der Waals surface area contributed by atoms with E-state index in [9.17, 15) is 5.11 Å². The molecule has 112 valence electrons. The predicted molar refractivity (Wildman–Crippen MR) is 80.8 cm³/mol. The third kappa shape index (κ3) is 3.14. The highest BCUT2D eigenvalue weighted by molar-refractivity contribution is 5.33. The average molecular weight is 278 g/mol. The molecule has 4 heteroatoms. The first-order valence-corrected chi connectivity index (χ1v) is 7.23. The third-order valence-corrected chi connectivity index (χ3v) is 4.31. The maximum absolute atomic E-state index is 11.3. The highest BCUT2D eigenvalue weighted by Crippen LogP contribution is 2.42. The molecule has 0 bridgehead atoms. The van der Waals surface area contributed by atoms with Crippen LogP contribution in [0.2, 0.25) is 0 Å². The Bertz CT molecular complexity index is 448. The van der Waals surface area contributed by atoms with Gasteiger partial charge in [0.25, 0.3) is 0 Å². The number of ether oxygens (including phenoxy) is 1. The number of methoxy groups -OCH3 is 1. The summed E-state index contributed by atoms with van der Waals surface area (Å²) in [7, 11) is 5.72. The van der Waals surface area contributed by atoms with E-state index in [0.29, 0.717) is 6.42 Å². The summed E-state index contributed by atoms with van der Waals surface area (Å²) in [5.74, 6) is 0.933. The summed E-state index contributed by atoms with van der Waals surface area (Å²) in [5, 5.41) is 11.3. The van der Waals surface area contributed by atoms with Gasteiger partial charge in [0.05, 0.1) is 12.7 Å². The topological polar surface area (TPSA) is 58.7 Å². The predicted octanol–water partition coefficient (Wildman–Crippen LogP) is 1.57. The number of rotatable bonds is 4. The molecule has 1 aliphatic rings. The van der Waals surface area contributed by atoms with Crippen LogP contribution in [-0.2, 0) is 5.60 Å². The lowest BCUT2D eigenvalue weighted by Gasteiger charge is -2.43. The van der Waals surface area contributed by atoms with Gasteiger partial charge in [0.1, 0.15) is 5.75 Å². The van der Waals surface area contributed by atoms with Crippen LogP contribution in [0, 0.1) is 5.92 Å². The number of hydrogen-bond acceptors (Lipinski definition) is 4. The maximum Gasteiger partial charge on any atom is 0.119 e. The molecule has 0 radical (unpaired) electrons. The molecular formula is C16H26N2O2. The van der Waals surface area contributed by atoms with Gasteiger partial charge < -0.3 is 20.5 Å². The number of aliphatic hydroxyl groups is 1. The van der Waals surface area contributed by atoms with Crippen molar-refractivity contribution in [3.8, 4) is 5.75 Å². The van der Waals surface area contributed by atoms with Crippen LogP contribution in [0.15, 0.2) is 24.3 Å². The fourth-order valence-corrected chi connectivity index (χ4v) is 3.23. The first-order valence-electron chi connectivity index (χ1n) is 7.23. The molecule has 1 saturated carbocycles. The lowest BCUT2D eigenvalue weighted by Crippen LogP contribution is -2.48. The van der Waals surface area contributed by atoms with Crippen molar-refractivity contribution in [1.82, 2.24) is 4.90 Å². The van der Waals surface area contributed by atoms with Crippen LogP contribution in [0.5, 0.6) is 5.75 Å². The van der Waals surface area contributed by atoms with Crippen LogP contribution in [-0.4, -0.2) is 43.8 Å². The molecule has 1 aliphatic carbocycles. The summed E-state index contributed by atoms with van der Waals surface area (Å²) in [4.78, 5) is 2.12. The summed E-state index contributed by atoms with van der Waals surface area (Å²) in [5.41, 5.74) is 6.23. The molecule has 0 aromatic heterocycles. The Kier molecular flexibility index (Phi) is 4.68. The van der Waals surface area contributed by atoms with E-state index < -0.39 is 5.60 Å². The monoisotopic (exact) mass is 278 g/mol. The molecule has 2 rings (SSSR count). The van der Waals surface area contributed by atoms with Crippen LogP contribution in [0.25, 0.3) is 0 Å². The van der Waals surface area contributed by atoms with Gasteiger partial charge in [0, 0.05) is 18.5 Å². The van der Waals surface area contributed by atoms with E-state index in [0.717, 1.165) is 30.7 Å². The Morgan fingerprint density at radius 3 is 2.85 bits per heavy atom. The molecule has 3 atom stereocenters. The Morgan fingerprint density at radius 2 is 2.20 bits per heavy atom. The zero-order valence-electron chi connectivity index (χ0n) is 12.7. The molecule has 0 amide bonds. The summed E-state index contributed by atoms with van der Waals surface area (Å²) in [6.45, 7) is 0.835. The van der Waals surface area contributed by atoms with Crippen LogP contribution >= 0.6 is 0 Å². The highest BCUT2D eigenvalue weighted by atomic mass is 16.5. The van der Waals surface area contributed by atoms with E-state index in [1.165, 1.54) is 0 Å². The molecule has 4 nitrogen and oxygen atoms in total. The lowest BCUT2D eigenvalue weighted by molar-refractivity contribution is -0.0662. The molecule has 1 aromatic carbocycles. The first kappa shape index (κ1) is 15.3. The van der Waals surface area contributed by atoms with Crippen molar-refractivity contribution < 1.29 is 9.84 Å². The minimum Gasteiger partial charge on any atom is -0.497 e. The van der Waals surface area contributed by atoms with Crippen LogP contribution in [0.3, 0.4) is 0 Å². The number of hydrogen-bond donors (Lipinski definition) is 2. The van der Waals surface area contributed by atoms with Crippen molar-refractivity contribution in [3.63, 3.8) is 0 Å². The van der Waals surface area contributed by atoms with Crippen molar-refractivity contribution in [2.24, 2.45) is 11.7 Å². The van der Waals surface area contributed by atoms with Crippen molar-refractivity contribution in [3.05, 3.63) is 29.8 Å². The van der Waals surface area contributed by atoms with E-state index in [1.54, 1.807) is 7.11 Å². The Hall–Kier alpha value is -1.10. The molecule has 0 saturated heterocycles. The summed E-state index contributed by atoms with van der Waals surface area (Å²) in [6, 6.07) is 7.96. The largest absolute Gasteiger partial charge is 0.497 e. The number of nitrogens with zero attached hydrogens (tertiary/aromatic N) is 1. The highest BCUT2D eigenvalue weighted by Gasteiger charge is 2.42. The SMILES string of the molecule is COc1cccc(C2(O)CCC(N)CC2CN(C)C)c1. The smallest absolute Gasteiger partial charge is 0.119 e. The van der Waals surface area contributed by atoms with Gasteiger partial charge in [-0.2, -0.15) is 0 Å². The minimum absolute atomic E-state index is 0.147. The van der Waals surface area contributed by atoms with Gasteiger partial charge in [-0.25, -0.2) is 0 Å². The second-order valence-electron chi connectivity index (χ2n) is 6.15. The lowest BCUT2D eigenvalue weighted by atomic mass is 9.70. The second kappa shape index (κ2) is 6.12. The molecule has 0 aliphatic heterocycles. The minimum atomic E-state index is -0.811. The van der Waals surface area contributed by atoms with Gasteiger partial charge in [-0.05, 0) is 51.1 Å². The normalized spacial score (nSPS) is 30.5. The van der Waals surface area contributed by atoms with Gasteiger partial charge in [-0.1, -0.05) is 12.1 Å². The fourth-order valence-electron chi connectivity index (χ4n) is 3.23. The zero-order valence-corrected chi connectivity index (χ0v) is 12.7. The van der Waals surface area contributed by atoms with E-state index in [4.69, 9.17) is 10.5 Å². The van der Waals surface area contributed by atoms with E-state index in [-0.39, 0.29) is 12.0 Å². The van der Waals surface area contributed by atoms with Gasteiger partial charge >= 0.3 is 0 Å². The van der Waals surface area contributed by atoms with Crippen molar-refractivity contribution >= 4 is 0 Å². The zero-order chi connectivity index (χ0) is 14.8. The molecule has 20 heavy (non-hydrogen) atoms. The third-order valence-electron chi connectivity index (χ3n) is 4.31. The summed E-state index contributed by atoms with van der Waals surface area (Å²) >= 11 is 0. The molecule has 1 fully saturated rings. The van der Waals surface area contributed by atoms with E-state index in [1.807, 2.05) is 38.4 Å². The molecular weight excluding hydrogens is 252 g/mol. The van der Waals surface area contributed by atoms with Gasteiger partial charge in [-0.3, -0.25) is 0 Å². The second-order valence-corrected chi connectivity index (χ2v) is 6.15. The van der Waals surface area contributed by atoms with E-state index >= 15 is 0 Å². The molecule has 3 N–H and O–H groups in total.